The number of carbonyl (C=O) groups excluding carboxylic acids is 1. The van der Waals surface area contributed by atoms with E-state index in [2.05, 4.69) is 5.32 Å². The fourth-order valence-corrected chi connectivity index (χ4v) is 1.63. The molecule has 0 aliphatic heterocycles. The summed E-state index contributed by atoms with van der Waals surface area (Å²) in [6, 6.07) is 1.40. The summed E-state index contributed by atoms with van der Waals surface area (Å²) in [4.78, 5) is 21.5. The largest absolute Gasteiger partial charge is 0.478 e. The molecule has 4 N–H and O–H groups in total. The molecule has 0 saturated heterocycles. The van der Waals surface area contributed by atoms with Crippen LogP contribution in [0.15, 0.2) is 12.1 Å². The van der Waals surface area contributed by atoms with Crippen molar-refractivity contribution in [3.05, 3.63) is 29.3 Å². The van der Waals surface area contributed by atoms with Crippen LogP contribution in [0.25, 0.3) is 0 Å². The van der Waals surface area contributed by atoms with Gasteiger partial charge in [-0.1, -0.05) is 0 Å². The van der Waals surface area contributed by atoms with Crippen LogP contribution in [0.3, 0.4) is 0 Å². The van der Waals surface area contributed by atoms with Gasteiger partial charge in [-0.05, 0) is 26.0 Å². The van der Waals surface area contributed by atoms with Gasteiger partial charge in [-0.3, -0.25) is 4.79 Å². The minimum atomic E-state index is -1.43. The second kappa shape index (κ2) is 5.21. The molecule has 1 rings (SSSR count). The highest BCUT2D eigenvalue weighted by Gasteiger charge is 2.24. The number of amides is 1. The number of carbonyl (C=O) groups is 2. The highest BCUT2D eigenvalue weighted by molar-refractivity contribution is 5.88. The van der Waals surface area contributed by atoms with Crippen LogP contribution in [0, 0.1) is 11.6 Å². The van der Waals surface area contributed by atoms with E-state index >= 15 is 0 Å². The number of halogens is 2. The van der Waals surface area contributed by atoms with Crippen molar-refractivity contribution in [1.82, 2.24) is 0 Å². The summed E-state index contributed by atoms with van der Waals surface area (Å²) in [7, 11) is 0. The molecule has 1 amide bonds. The van der Waals surface area contributed by atoms with E-state index < -0.39 is 40.3 Å². The van der Waals surface area contributed by atoms with Crippen molar-refractivity contribution in [3.63, 3.8) is 0 Å². The summed E-state index contributed by atoms with van der Waals surface area (Å²) >= 11 is 0. The van der Waals surface area contributed by atoms with Crippen LogP contribution >= 0.6 is 0 Å². The van der Waals surface area contributed by atoms with Crippen molar-refractivity contribution in [2.45, 2.75) is 25.8 Å². The number of anilines is 1. The van der Waals surface area contributed by atoms with E-state index in [-0.39, 0.29) is 6.42 Å². The normalized spacial score (nSPS) is 11.2. The predicted molar refractivity (Wildman–Crippen MR) is 64.8 cm³/mol. The van der Waals surface area contributed by atoms with Gasteiger partial charge in [-0.25, -0.2) is 13.6 Å². The zero-order valence-electron chi connectivity index (χ0n) is 10.5. The van der Waals surface area contributed by atoms with E-state index in [0.717, 1.165) is 0 Å². The van der Waals surface area contributed by atoms with Gasteiger partial charge >= 0.3 is 5.97 Å². The Bertz CT molecular complexity index is 507. The molecule has 0 saturated carbocycles. The van der Waals surface area contributed by atoms with Crippen LogP contribution in [0.5, 0.6) is 0 Å². The molecule has 5 nitrogen and oxygen atoms in total. The summed E-state index contributed by atoms with van der Waals surface area (Å²) in [6.45, 7) is 3.09. The Morgan fingerprint density at radius 2 is 1.79 bits per heavy atom. The van der Waals surface area contributed by atoms with Gasteiger partial charge in [0.2, 0.25) is 5.91 Å². The number of carboxylic acid groups (broad SMARTS) is 1. The Kier molecular flexibility index (Phi) is 4.08. The van der Waals surface area contributed by atoms with Crippen LogP contribution in [0.4, 0.5) is 14.5 Å². The predicted octanol–water partition coefficient (Wildman–Crippen LogP) is 1.73. The standard InChI is InChI=1S/C12H14F2N2O3/c1-12(2,5-9(15)17)16-10-7(13)3-6(11(18)19)4-8(10)14/h3-4,16H,5H2,1-2H3,(H2,15,17)(H,18,19). The van der Waals surface area contributed by atoms with E-state index in [1.165, 1.54) is 0 Å². The number of aromatic carboxylic acids is 1. The van der Waals surface area contributed by atoms with Crippen LogP contribution in [-0.2, 0) is 4.79 Å². The summed E-state index contributed by atoms with van der Waals surface area (Å²) in [6.07, 6.45) is -0.132. The lowest BCUT2D eigenvalue weighted by Gasteiger charge is -2.26. The van der Waals surface area contributed by atoms with Gasteiger partial charge in [0.25, 0.3) is 0 Å². The van der Waals surface area contributed by atoms with Crippen molar-refractivity contribution >= 4 is 17.6 Å². The quantitative estimate of drug-likeness (QED) is 0.761. The number of nitrogens with one attached hydrogen (secondary N) is 1. The number of hydrogen-bond donors (Lipinski definition) is 3. The summed E-state index contributed by atoms with van der Waals surface area (Å²) in [5.41, 5.74) is 3.09. The first-order chi connectivity index (χ1) is 8.62. The fraction of sp³-hybridized carbons (Fsp3) is 0.333. The topological polar surface area (TPSA) is 92.4 Å². The van der Waals surface area contributed by atoms with Gasteiger partial charge < -0.3 is 16.2 Å². The van der Waals surface area contributed by atoms with Crippen molar-refractivity contribution < 1.29 is 23.5 Å². The van der Waals surface area contributed by atoms with E-state index in [0.29, 0.717) is 12.1 Å². The van der Waals surface area contributed by atoms with Crippen LogP contribution in [0.1, 0.15) is 30.6 Å². The molecule has 0 aliphatic carbocycles. The third-order valence-corrected chi connectivity index (χ3v) is 2.37. The summed E-state index contributed by atoms with van der Waals surface area (Å²) < 4.78 is 27.3. The average molecular weight is 272 g/mol. The molecule has 0 radical (unpaired) electrons. The monoisotopic (exact) mass is 272 g/mol. The molecule has 0 atom stereocenters. The first kappa shape index (κ1) is 14.9. The molecule has 0 spiro atoms. The van der Waals surface area contributed by atoms with E-state index in [4.69, 9.17) is 10.8 Å². The van der Waals surface area contributed by atoms with Crippen molar-refractivity contribution in [1.29, 1.82) is 0 Å². The summed E-state index contributed by atoms with van der Waals surface area (Å²) in [5, 5.41) is 11.2. The molecule has 19 heavy (non-hydrogen) atoms. The zero-order valence-corrected chi connectivity index (χ0v) is 10.5. The minimum absolute atomic E-state index is 0.132. The van der Waals surface area contributed by atoms with Gasteiger partial charge in [-0.15, -0.1) is 0 Å². The number of primary amides is 1. The number of carboxylic acids is 1. The SMILES string of the molecule is CC(C)(CC(N)=O)Nc1c(F)cc(C(=O)O)cc1F. The lowest BCUT2D eigenvalue weighted by atomic mass is 9.99. The van der Waals surface area contributed by atoms with Crippen LogP contribution in [-0.4, -0.2) is 22.5 Å². The molecular formula is C12H14F2N2O3. The highest BCUT2D eigenvalue weighted by atomic mass is 19.1. The molecule has 104 valence electrons. The average Bonchev–Trinajstić information content (AvgIpc) is 2.21. The molecule has 0 fully saturated rings. The molecular weight excluding hydrogens is 258 g/mol. The lowest BCUT2D eigenvalue weighted by Crippen LogP contribution is -2.36. The Balaban J connectivity index is 3.09. The van der Waals surface area contributed by atoms with Crippen LogP contribution in [0.2, 0.25) is 0 Å². The second-order valence-corrected chi connectivity index (χ2v) is 4.77. The Morgan fingerprint density at radius 1 is 1.32 bits per heavy atom. The third kappa shape index (κ3) is 3.90. The maximum absolute atomic E-state index is 13.7. The first-order valence-electron chi connectivity index (χ1n) is 5.41. The molecule has 0 aliphatic rings. The van der Waals surface area contributed by atoms with Gasteiger partial charge in [0.15, 0.2) is 0 Å². The Morgan fingerprint density at radius 3 is 2.16 bits per heavy atom. The Labute approximate surface area is 108 Å². The second-order valence-electron chi connectivity index (χ2n) is 4.77. The minimum Gasteiger partial charge on any atom is -0.478 e. The van der Waals surface area contributed by atoms with Gasteiger partial charge in [0.05, 0.1) is 5.56 Å². The summed E-state index contributed by atoms with van der Waals surface area (Å²) in [5.74, 6) is -4.15. The van der Waals surface area contributed by atoms with Crippen LogP contribution < -0.4 is 11.1 Å². The highest BCUT2D eigenvalue weighted by Crippen LogP contribution is 2.25. The Hall–Kier alpha value is -2.18. The molecule has 0 unspecified atom stereocenters. The van der Waals surface area contributed by atoms with E-state index in [1.807, 2.05) is 0 Å². The zero-order chi connectivity index (χ0) is 14.8. The molecule has 0 bridgehead atoms. The smallest absolute Gasteiger partial charge is 0.335 e. The van der Waals surface area contributed by atoms with Crippen molar-refractivity contribution in [2.24, 2.45) is 5.73 Å². The number of nitrogens with two attached hydrogens (primary N) is 1. The van der Waals surface area contributed by atoms with Gasteiger partial charge in [0.1, 0.15) is 17.3 Å². The number of rotatable bonds is 5. The fourth-order valence-electron chi connectivity index (χ4n) is 1.63. The molecule has 0 aromatic heterocycles. The number of benzene rings is 1. The molecule has 1 aromatic rings. The maximum atomic E-state index is 13.7. The van der Waals surface area contributed by atoms with Gasteiger partial charge in [-0.2, -0.15) is 0 Å². The number of hydrogen-bond acceptors (Lipinski definition) is 3. The molecule has 0 heterocycles. The van der Waals surface area contributed by atoms with Gasteiger partial charge in [0, 0.05) is 12.0 Å². The first-order valence-corrected chi connectivity index (χ1v) is 5.41. The maximum Gasteiger partial charge on any atom is 0.335 e. The molecule has 7 heteroatoms. The van der Waals surface area contributed by atoms with Crippen molar-refractivity contribution in [2.75, 3.05) is 5.32 Å². The lowest BCUT2D eigenvalue weighted by molar-refractivity contribution is -0.118. The van der Waals surface area contributed by atoms with E-state index in [1.54, 1.807) is 13.8 Å². The third-order valence-electron chi connectivity index (χ3n) is 2.37. The van der Waals surface area contributed by atoms with E-state index in [9.17, 15) is 18.4 Å². The molecule has 1 aromatic carbocycles. The van der Waals surface area contributed by atoms with Crippen molar-refractivity contribution in [3.8, 4) is 0 Å².